The maximum Gasteiger partial charge on any atom is 0.191 e. The van der Waals surface area contributed by atoms with Crippen molar-refractivity contribution in [2.45, 2.75) is 38.3 Å². The summed E-state index contributed by atoms with van der Waals surface area (Å²) in [7, 11) is 4.02. The summed E-state index contributed by atoms with van der Waals surface area (Å²) < 4.78 is 5.68. The van der Waals surface area contributed by atoms with Gasteiger partial charge >= 0.3 is 0 Å². The molecule has 1 aromatic carbocycles. The monoisotopic (exact) mass is 318 g/mol. The van der Waals surface area contributed by atoms with Crippen molar-refractivity contribution in [3.63, 3.8) is 0 Å². The van der Waals surface area contributed by atoms with Crippen molar-refractivity contribution < 1.29 is 4.74 Å². The van der Waals surface area contributed by atoms with Gasteiger partial charge in [0.15, 0.2) is 5.96 Å². The van der Waals surface area contributed by atoms with Gasteiger partial charge in [0, 0.05) is 32.2 Å². The first-order valence-corrected chi connectivity index (χ1v) is 8.55. The number of ether oxygens (including phenoxy) is 1. The van der Waals surface area contributed by atoms with Crippen molar-refractivity contribution in [1.82, 2.24) is 15.5 Å². The minimum absolute atomic E-state index is 0.516. The van der Waals surface area contributed by atoms with Crippen LogP contribution in [0.15, 0.2) is 35.3 Å². The zero-order valence-corrected chi connectivity index (χ0v) is 14.6. The highest BCUT2D eigenvalue weighted by Crippen LogP contribution is 2.26. The van der Waals surface area contributed by atoms with Crippen molar-refractivity contribution in [2.24, 2.45) is 4.99 Å². The lowest BCUT2D eigenvalue weighted by atomic mass is 10.3. The highest BCUT2D eigenvalue weighted by atomic mass is 16.5. The standard InChI is InChI=1S/C18H30N4O/c1-15(22(3)16-10-11-16)14-21-18(19-2)20-12-7-13-23-17-8-5-4-6-9-17/h4-6,8-9,15-16H,7,10-14H2,1-3H3,(H2,19,20,21). The number of nitrogens with one attached hydrogen (secondary N) is 2. The zero-order chi connectivity index (χ0) is 16.5. The van der Waals surface area contributed by atoms with Crippen LogP contribution < -0.4 is 15.4 Å². The summed E-state index contributed by atoms with van der Waals surface area (Å²) in [6, 6.07) is 11.2. The molecule has 128 valence electrons. The van der Waals surface area contributed by atoms with Gasteiger partial charge in [-0.2, -0.15) is 0 Å². The molecule has 1 aromatic rings. The number of likely N-dealkylation sites (N-methyl/N-ethyl adjacent to an activating group) is 1. The van der Waals surface area contributed by atoms with E-state index >= 15 is 0 Å². The van der Waals surface area contributed by atoms with Gasteiger partial charge < -0.3 is 15.4 Å². The fourth-order valence-electron chi connectivity index (χ4n) is 2.44. The number of benzene rings is 1. The maximum atomic E-state index is 5.68. The van der Waals surface area contributed by atoms with Crippen molar-refractivity contribution >= 4 is 5.96 Å². The smallest absolute Gasteiger partial charge is 0.191 e. The summed E-state index contributed by atoms with van der Waals surface area (Å²) in [5.74, 6) is 1.78. The van der Waals surface area contributed by atoms with E-state index in [1.54, 1.807) is 0 Å². The number of guanidine groups is 1. The predicted octanol–water partition coefficient (Wildman–Crippen LogP) is 2.10. The molecule has 1 saturated carbocycles. The molecule has 0 amide bonds. The minimum Gasteiger partial charge on any atom is -0.494 e. The van der Waals surface area contributed by atoms with Crippen LogP contribution in [-0.2, 0) is 0 Å². The van der Waals surface area contributed by atoms with Gasteiger partial charge in [-0.1, -0.05) is 18.2 Å². The summed E-state index contributed by atoms with van der Waals surface area (Å²) in [5.41, 5.74) is 0. The summed E-state index contributed by atoms with van der Waals surface area (Å²) in [6.45, 7) is 4.72. The summed E-state index contributed by atoms with van der Waals surface area (Å²) in [6.07, 6.45) is 3.62. The van der Waals surface area contributed by atoms with E-state index in [-0.39, 0.29) is 0 Å². The summed E-state index contributed by atoms with van der Waals surface area (Å²) in [4.78, 5) is 6.72. The molecule has 0 aliphatic heterocycles. The highest BCUT2D eigenvalue weighted by Gasteiger charge is 2.28. The minimum atomic E-state index is 0.516. The van der Waals surface area contributed by atoms with E-state index in [2.05, 4.69) is 34.5 Å². The van der Waals surface area contributed by atoms with E-state index in [1.165, 1.54) is 12.8 Å². The fourth-order valence-corrected chi connectivity index (χ4v) is 2.44. The Kier molecular flexibility index (Phi) is 7.20. The molecule has 0 aromatic heterocycles. The van der Waals surface area contributed by atoms with E-state index in [4.69, 9.17) is 4.74 Å². The Labute approximate surface area is 140 Å². The molecular weight excluding hydrogens is 288 g/mol. The van der Waals surface area contributed by atoms with Crippen LogP contribution in [0.2, 0.25) is 0 Å². The van der Waals surface area contributed by atoms with Gasteiger partial charge in [-0.15, -0.1) is 0 Å². The third-order valence-corrected chi connectivity index (χ3v) is 4.23. The number of hydrogen-bond donors (Lipinski definition) is 2. The molecule has 2 rings (SSSR count). The molecule has 0 spiro atoms. The molecule has 0 bridgehead atoms. The van der Waals surface area contributed by atoms with Crippen LogP contribution in [0, 0.1) is 0 Å². The van der Waals surface area contributed by atoms with E-state index in [0.717, 1.165) is 37.3 Å². The highest BCUT2D eigenvalue weighted by molar-refractivity contribution is 5.79. The van der Waals surface area contributed by atoms with Crippen molar-refractivity contribution in [3.05, 3.63) is 30.3 Å². The normalized spacial score (nSPS) is 16.3. The molecule has 5 nitrogen and oxygen atoms in total. The Morgan fingerprint density at radius 2 is 2.04 bits per heavy atom. The van der Waals surface area contributed by atoms with Gasteiger partial charge in [-0.25, -0.2) is 0 Å². The van der Waals surface area contributed by atoms with E-state index < -0.39 is 0 Å². The van der Waals surface area contributed by atoms with Gasteiger partial charge in [0.05, 0.1) is 6.61 Å². The first-order chi connectivity index (χ1) is 11.2. The predicted molar refractivity (Wildman–Crippen MR) is 96.2 cm³/mol. The van der Waals surface area contributed by atoms with E-state index in [0.29, 0.717) is 12.6 Å². The number of hydrogen-bond acceptors (Lipinski definition) is 3. The third kappa shape index (κ3) is 6.48. The number of nitrogens with zero attached hydrogens (tertiary/aromatic N) is 2. The third-order valence-electron chi connectivity index (χ3n) is 4.23. The lowest BCUT2D eigenvalue weighted by molar-refractivity contribution is 0.247. The molecule has 1 aliphatic carbocycles. The number of rotatable bonds is 9. The first-order valence-electron chi connectivity index (χ1n) is 8.55. The second-order valence-corrected chi connectivity index (χ2v) is 6.14. The van der Waals surface area contributed by atoms with Crippen LogP contribution in [0.4, 0.5) is 0 Å². The number of para-hydroxylation sites is 1. The van der Waals surface area contributed by atoms with E-state index in [1.807, 2.05) is 37.4 Å². The van der Waals surface area contributed by atoms with Crippen molar-refractivity contribution in [3.8, 4) is 5.75 Å². The first kappa shape index (κ1) is 17.6. The molecule has 1 aliphatic rings. The quantitative estimate of drug-likeness (QED) is 0.416. The van der Waals surface area contributed by atoms with Crippen LogP contribution in [-0.4, -0.2) is 56.7 Å². The van der Waals surface area contributed by atoms with Gasteiger partial charge in [-0.05, 0) is 45.4 Å². The maximum absolute atomic E-state index is 5.68. The second kappa shape index (κ2) is 9.40. The zero-order valence-electron chi connectivity index (χ0n) is 14.6. The SMILES string of the molecule is CN=C(NCCCOc1ccccc1)NCC(C)N(C)C1CC1. The summed E-state index contributed by atoms with van der Waals surface area (Å²) >= 11 is 0. The molecule has 1 fully saturated rings. The molecular formula is C18H30N4O. The molecule has 1 atom stereocenters. The average Bonchev–Trinajstić information content (AvgIpc) is 3.42. The van der Waals surface area contributed by atoms with Crippen LogP contribution in [0.5, 0.6) is 5.75 Å². The van der Waals surface area contributed by atoms with Crippen LogP contribution in [0.25, 0.3) is 0 Å². The van der Waals surface area contributed by atoms with Gasteiger partial charge in [-0.3, -0.25) is 9.89 Å². The van der Waals surface area contributed by atoms with Crippen LogP contribution in [0.1, 0.15) is 26.2 Å². The Hall–Kier alpha value is -1.75. The molecule has 0 saturated heterocycles. The van der Waals surface area contributed by atoms with Crippen molar-refractivity contribution in [1.29, 1.82) is 0 Å². The number of aliphatic imine (C=N–C) groups is 1. The fraction of sp³-hybridized carbons (Fsp3) is 0.611. The molecule has 2 N–H and O–H groups in total. The van der Waals surface area contributed by atoms with Gasteiger partial charge in [0.2, 0.25) is 0 Å². The molecule has 1 unspecified atom stereocenters. The topological polar surface area (TPSA) is 48.9 Å². The van der Waals surface area contributed by atoms with Gasteiger partial charge in [0.1, 0.15) is 5.75 Å². The molecule has 23 heavy (non-hydrogen) atoms. The Morgan fingerprint density at radius 3 is 2.70 bits per heavy atom. The van der Waals surface area contributed by atoms with E-state index in [9.17, 15) is 0 Å². The Balaban J connectivity index is 1.56. The Bertz CT molecular complexity index is 473. The largest absolute Gasteiger partial charge is 0.494 e. The Morgan fingerprint density at radius 1 is 1.30 bits per heavy atom. The van der Waals surface area contributed by atoms with Gasteiger partial charge in [0.25, 0.3) is 0 Å². The lowest BCUT2D eigenvalue weighted by Crippen LogP contribution is -2.45. The molecule has 0 radical (unpaired) electrons. The van der Waals surface area contributed by atoms with Crippen molar-refractivity contribution in [2.75, 3.05) is 33.8 Å². The summed E-state index contributed by atoms with van der Waals surface area (Å²) in [5, 5.41) is 6.73. The average molecular weight is 318 g/mol. The molecule has 0 heterocycles. The molecule has 5 heteroatoms. The van der Waals surface area contributed by atoms with Crippen LogP contribution in [0.3, 0.4) is 0 Å². The van der Waals surface area contributed by atoms with Crippen LogP contribution >= 0.6 is 0 Å². The second-order valence-electron chi connectivity index (χ2n) is 6.14. The lowest BCUT2D eigenvalue weighted by Gasteiger charge is -2.25.